The van der Waals surface area contributed by atoms with Crippen molar-refractivity contribution in [3.8, 4) is 0 Å². The molecule has 0 saturated heterocycles. The number of halogens is 2. The van der Waals surface area contributed by atoms with Crippen LogP contribution in [0.3, 0.4) is 0 Å². The van der Waals surface area contributed by atoms with Gasteiger partial charge in [0.25, 0.3) is 10.0 Å². The molecule has 2 rings (SSSR count). The van der Waals surface area contributed by atoms with Gasteiger partial charge in [0.2, 0.25) is 0 Å². The fourth-order valence-corrected chi connectivity index (χ4v) is 3.58. The molecule has 0 unspecified atom stereocenters. The van der Waals surface area contributed by atoms with E-state index in [2.05, 4.69) is 4.72 Å². The van der Waals surface area contributed by atoms with Crippen molar-refractivity contribution >= 4 is 33.0 Å². The highest BCUT2D eigenvalue weighted by molar-refractivity contribution is 7.92. The number of hydrogen-bond acceptors (Lipinski definition) is 3. The quantitative estimate of drug-likeness (QED) is 0.847. The molecule has 0 aliphatic heterocycles. The molecule has 0 fully saturated rings. The molecule has 2 aromatic carbocycles. The second-order valence-corrected chi connectivity index (χ2v) is 6.83. The first kappa shape index (κ1) is 15.6. The first-order chi connectivity index (χ1) is 9.69. The molecular weight excluding hydrogens is 315 g/mol. The third kappa shape index (κ3) is 3.46. The van der Waals surface area contributed by atoms with E-state index in [9.17, 15) is 12.8 Å². The number of hydrogen-bond donors (Lipinski definition) is 2. The summed E-state index contributed by atoms with van der Waals surface area (Å²) in [5, 5.41) is 0.105. The normalized spacial score (nSPS) is 11.4. The van der Waals surface area contributed by atoms with Crippen molar-refractivity contribution in [1.82, 2.24) is 0 Å². The number of benzene rings is 2. The molecule has 0 heterocycles. The van der Waals surface area contributed by atoms with Crippen LogP contribution in [0.25, 0.3) is 0 Å². The molecule has 0 amide bonds. The molecule has 3 N–H and O–H groups in total. The van der Waals surface area contributed by atoms with Gasteiger partial charge in [-0.15, -0.1) is 0 Å². The Morgan fingerprint density at radius 1 is 1.14 bits per heavy atom. The smallest absolute Gasteiger partial charge is 0.262 e. The van der Waals surface area contributed by atoms with Crippen LogP contribution in [0.1, 0.15) is 11.1 Å². The van der Waals surface area contributed by atoms with Gasteiger partial charge in [0.15, 0.2) is 0 Å². The summed E-state index contributed by atoms with van der Waals surface area (Å²) >= 11 is 5.71. The van der Waals surface area contributed by atoms with E-state index in [4.69, 9.17) is 17.3 Å². The molecule has 112 valence electrons. The lowest BCUT2D eigenvalue weighted by Gasteiger charge is -2.13. The summed E-state index contributed by atoms with van der Waals surface area (Å²) in [5.41, 5.74) is 7.38. The first-order valence-corrected chi connectivity index (χ1v) is 7.91. The molecule has 0 atom stereocenters. The van der Waals surface area contributed by atoms with Crippen LogP contribution < -0.4 is 10.5 Å². The van der Waals surface area contributed by atoms with Gasteiger partial charge in [-0.2, -0.15) is 0 Å². The Balaban J connectivity index is 2.48. The van der Waals surface area contributed by atoms with Crippen molar-refractivity contribution in [3.05, 3.63) is 52.3 Å². The van der Waals surface area contributed by atoms with Gasteiger partial charge in [-0.25, -0.2) is 12.8 Å². The highest BCUT2D eigenvalue weighted by atomic mass is 35.5. The van der Waals surface area contributed by atoms with Crippen molar-refractivity contribution in [2.24, 2.45) is 0 Å². The third-order valence-electron chi connectivity index (χ3n) is 2.95. The lowest BCUT2D eigenvalue weighted by atomic mass is 10.1. The van der Waals surface area contributed by atoms with Gasteiger partial charge in [0, 0.05) is 10.7 Å². The van der Waals surface area contributed by atoms with E-state index in [1.807, 2.05) is 0 Å². The summed E-state index contributed by atoms with van der Waals surface area (Å²) < 4.78 is 40.4. The van der Waals surface area contributed by atoms with Gasteiger partial charge in [0.05, 0.1) is 10.6 Å². The number of nitrogens with two attached hydrogens (primary N) is 1. The maximum absolute atomic E-state index is 13.3. The molecule has 21 heavy (non-hydrogen) atoms. The van der Waals surface area contributed by atoms with Crippen molar-refractivity contribution in [2.75, 3.05) is 10.5 Å². The maximum Gasteiger partial charge on any atom is 0.262 e. The topological polar surface area (TPSA) is 72.2 Å². The molecule has 0 spiro atoms. The number of aryl methyl sites for hydroxylation is 1. The lowest BCUT2D eigenvalue weighted by molar-refractivity contribution is 0.600. The fourth-order valence-electron chi connectivity index (χ4n) is 1.95. The van der Waals surface area contributed by atoms with Crippen molar-refractivity contribution in [1.29, 1.82) is 0 Å². The molecule has 0 aliphatic carbocycles. The highest BCUT2D eigenvalue weighted by Crippen LogP contribution is 2.26. The Morgan fingerprint density at radius 2 is 1.81 bits per heavy atom. The molecule has 0 bridgehead atoms. The van der Waals surface area contributed by atoms with E-state index in [-0.39, 0.29) is 15.6 Å². The van der Waals surface area contributed by atoms with E-state index in [1.54, 1.807) is 19.9 Å². The van der Waals surface area contributed by atoms with Gasteiger partial charge < -0.3 is 5.73 Å². The minimum absolute atomic E-state index is 0.0551. The Morgan fingerprint density at radius 3 is 2.43 bits per heavy atom. The minimum Gasteiger partial charge on any atom is -0.398 e. The predicted molar refractivity (Wildman–Crippen MR) is 82.5 cm³/mol. The Hall–Kier alpha value is -1.79. The fraction of sp³-hybridized carbons (Fsp3) is 0.143. The number of sulfonamides is 1. The summed E-state index contributed by atoms with van der Waals surface area (Å²) in [6.07, 6.45) is 0. The van der Waals surface area contributed by atoms with Crippen molar-refractivity contribution < 1.29 is 12.8 Å². The second kappa shape index (κ2) is 5.54. The predicted octanol–water partition coefficient (Wildman–Crippen LogP) is 3.48. The molecule has 0 saturated carbocycles. The SMILES string of the molecule is Cc1cc(N)c(C)c(S(=O)(=O)Nc2cc(F)cc(Cl)c2)c1. The standard InChI is InChI=1S/C14H14ClFN2O2S/c1-8-3-13(17)9(2)14(4-8)21(19,20)18-12-6-10(15)5-11(16)7-12/h3-7,18H,17H2,1-2H3. The third-order valence-corrected chi connectivity index (χ3v) is 4.67. The lowest BCUT2D eigenvalue weighted by Crippen LogP contribution is -2.15. The van der Waals surface area contributed by atoms with E-state index in [1.165, 1.54) is 12.1 Å². The summed E-state index contributed by atoms with van der Waals surface area (Å²) in [4.78, 5) is 0.0559. The molecule has 0 radical (unpaired) electrons. The zero-order valence-corrected chi connectivity index (χ0v) is 13.0. The van der Waals surface area contributed by atoms with E-state index in [0.717, 1.165) is 17.7 Å². The molecule has 4 nitrogen and oxygen atoms in total. The molecule has 0 aromatic heterocycles. The van der Waals surface area contributed by atoms with Gasteiger partial charge in [-0.05, 0) is 55.3 Å². The zero-order chi connectivity index (χ0) is 15.8. The minimum atomic E-state index is -3.88. The number of anilines is 2. The Kier molecular flexibility index (Phi) is 4.11. The molecule has 7 heteroatoms. The van der Waals surface area contributed by atoms with Gasteiger partial charge in [-0.1, -0.05) is 11.6 Å². The van der Waals surface area contributed by atoms with Crippen LogP contribution in [0.2, 0.25) is 5.02 Å². The van der Waals surface area contributed by atoms with Crippen LogP contribution in [-0.2, 0) is 10.0 Å². The number of rotatable bonds is 3. The van der Waals surface area contributed by atoms with Crippen LogP contribution in [0, 0.1) is 19.7 Å². The number of nitrogens with one attached hydrogen (secondary N) is 1. The second-order valence-electron chi connectivity index (χ2n) is 4.74. The van der Waals surface area contributed by atoms with Crippen LogP contribution in [0.4, 0.5) is 15.8 Å². The average Bonchev–Trinajstić information content (AvgIpc) is 2.31. The van der Waals surface area contributed by atoms with Crippen molar-refractivity contribution in [3.63, 3.8) is 0 Å². The summed E-state index contributed by atoms with van der Waals surface area (Å²) in [7, 11) is -3.88. The van der Waals surface area contributed by atoms with Gasteiger partial charge in [-0.3, -0.25) is 4.72 Å². The highest BCUT2D eigenvalue weighted by Gasteiger charge is 2.19. The van der Waals surface area contributed by atoms with Crippen molar-refractivity contribution in [2.45, 2.75) is 18.7 Å². The first-order valence-electron chi connectivity index (χ1n) is 6.04. The number of nitrogen functional groups attached to an aromatic ring is 1. The molecule has 2 aromatic rings. The van der Waals surface area contributed by atoms with Crippen LogP contribution >= 0.6 is 11.6 Å². The molecule has 0 aliphatic rings. The van der Waals surface area contributed by atoms with Crippen LogP contribution in [0.15, 0.2) is 35.2 Å². The molecular formula is C14H14ClFN2O2S. The zero-order valence-electron chi connectivity index (χ0n) is 11.4. The van der Waals surface area contributed by atoms with Crippen LogP contribution in [0.5, 0.6) is 0 Å². The monoisotopic (exact) mass is 328 g/mol. The van der Waals surface area contributed by atoms with Gasteiger partial charge in [0.1, 0.15) is 5.82 Å². The largest absolute Gasteiger partial charge is 0.398 e. The van der Waals surface area contributed by atoms with E-state index in [0.29, 0.717) is 11.3 Å². The van der Waals surface area contributed by atoms with Crippen LogP contribution in [-0.4, -0.2) is 8.42 Å². The Labute approximate surface area is 127 Å². The maximum atomic E-state index is 13.3. The average molecular weight is 329 g/mol. The Bertz CT molecular complexity index is 787. The summed E-state index contributed by atoms with van der Waals surface area (Å²) in [5.74, 6) is -0.624. The summed E-state index contributed by atoms with van der Waals surface area (Å²) in [6, 6.07) is 6.67. The summed E-state index contributed by atoms with van der Waals surface area (Å²) in [6.45, 7) is 3.36. The van der Waals surface area contributed by atoms with E-state index < -0.39 is 15.8 Å². The van der Waals surface area contributed by atoms with Gasteiger partial charge >= 0.3 is 0 Å². The van der Waals surface area contributed by atoms with E-state index >= 15 is 0 Å².